The van der Waals surface area contributed by atoms with Gasteiger partial charge < -0.3 is 5.32 Å². The van der Waals surface area contributed by atoms with Crippen molar-refractivity contribution in [3.63, 3.8) is 0 Å². The van der Waals surface area contributed by atoms with Crippen LogP contribution in [-0.2, 0) is 19.1 Å². The maximum absolute atomic E-state index is 13.5. The molecule has 0 spiro atoms. The summed E-state index contributed by atoms with van der Waals surface area (Å²) in [5, 5.41) is 8.25. The molecule has 0 bridgehead atoms. The van der Waals surface area contributed by atoms with Gasteiger partial charge in [-0.15, -0.1) is 0 Å². The van der Waals surface area contributed by atoms with Gasteiger partial charge in [-0.1, -0.05) is 30.3 Å². The number of hydrogen-bond donors (Lipinski definition) is 1. The van der Waals surface area contributed by atoms with Crippen molar-refractivity contribution in [3.05, 3.63) is 71.3 Å². The molecule has 2 atom stereocenters. The Morgan fingerprint density at radius 3 is 2.53 bits per heavy atom. The zero-order chi connectivity index (χ0) is 25.0. The Balaban J connectivity index is 1.37. The predicted molar refractivity (Wildman–Crippen MR) is 131 cm³/mol. The standard InChI is InChI=1S/C26H25F3N6O/c1-33-24(36)21-22(30-18-6-3-2-4-7-18)34(15-14-16-10-12-17(13-11-16)26(27,28)29)32-23(21)35-20-9-5-8-19(20)31-25(33)35/h2-4,6-7,10-13,19-20,30H,5,8-9,14-15H2,1H3/t19-,20+/m1/s1. The summed E-state index contributed by atoms with van der Waals surface area (Å²) >= 11 is 0. The number of alkyl halides is 3. The van der Waals surface area contributed by atoms with E-state index >= 15 is 0 Å². The molecule has 7 nitrogen and oxygen atoms in total. The first kappa shape index (κ1) is 22.6. The number of hydrogen-bond acceptors (Lipinski definition) is 5. The summed E-state index contributed by atoms with van der Waals surface area (Å²) in [6.45, 7) is 0.388. The number of nitrogens with zero attached hydrogens (tertiary/aromatic N) is 5. The largest absolute Gasteiger partial charge is 0.416 e. The zero-order valence-electron chi connectivity index (χ0n) is 19.7. The highest BCUT2D eigenvalue weighted by Crippen LogP contribution is 2.42. The van der Waals surface area contributed by atoms with Crippen molar-refractivity contribution in [2.45, 2.75) is 50.5 Å². The second-order valence-corrected chi connectivity index (χ2v) is 9.43. The van der Waals surface area contributed by atoms with E-state index in [-0.39, 0.29) is 18.0 Å². The molecule has 1 aromatic heterocycles. The van der Waals surface area contributed by atoms with Gasteiger partial charge in [-0.2, -0.15) is 18.3 Å². The lowest BCUT2D eigenvalue weighted by molar-refractivity contribution is -0.137. The molecule has 3 heterocycles. The maximum atomic E-state index is 13.5. The summed E-state index contributed by atoms with van der Waals surface area (Å²) in [5.41, 5.74) is 1.38. The van der Waals surface area contributed by atoms with E-state index in [1.807, 2.05) is 30.3 Å². The number of carbonyl (C=O) groups is 1. The first-order chi connectivity index (χ1) is 17.3. The summed E-state index contributed by atoms with van der Waals surface area (Å²) in [5.74, 6) is 1.62. The van der Waals surface area contributed by atoms with Gasteiger partial charge in [0.25, 0.3) is 5.91 Å². The first-order valence-corrected chi connectivity index (χ1v) is 12.1. The highest BCUT2D eigenvalue weighted by atomic mass is 19.4. The molecule has 2 aromatic carbocycles. The maximum Gasteiger partial charge on any atom is 0.416 e. The SMILES string of the molecule is CN1C(=O)c2c(nn(CCc3ccc(C(F)(F)F)cc3)c2Nc2ccccc2)N2C1=N[C@@H]1CCC[C@@H]12. The van der Waals surface area contributed by atoms with Gasteiger partial charge in [0.2, 0.25) is 5.96 Å². The van der Waals surface area contributed by atoms with Crippen molar-refractivity contribution in [1.29, 1.82) is 0 Å². The van der Waals surface area contributed by atoms with Crippen LogP contribution in [0, 0.1) is 0 Å². The van der Waals surface area contributed by atoms with Crippen LogP contribution in [-0.4, -0.2) is 45.7 Å². The lowest BCUT2D eigenvalue weighted by atomic mass is 10.1. The van der Waals surface area contributed by atoms with Crippen molar-refractivity contribution in [1.82, 2.24) is 14.7 Å². The van der Waals surface area contributed by atoms with Crippen LogP contribution in [0.4, 0.5) is 30.5 Å². The minimum atomic E-state index is -4.37. The fourth-order valence-corrected chi connectivity index (χ4v) is 5.35. The van der Waals surface area contributed by atoms with E-state index in [1.165, 1.54) is 12.1 Å². The van der Waals surface area contributed by atoms with Crippen molar-refractivity contribution in [2.75, 3.05) is 17.3 Å². The smallest absolute Gasteiger partial charge is 0.340 e. The molecule has 2 aliphatic heterocycles. The molecule has 0 radical (unpaired) electrons. The second kappa shape index (κ2) is 8.39. The summed E-state index contributed by atoms with van der Waals surface area (Å²) in [6.07, 6.45) is -0.852. The molecule has 1 amide bonds. The van der Waals surface area contributed by atoms with Crippen molar-refractivity contribution in [3.8, 4) is 0 Å². The van der Waals surface area contributed by atoms with E-state index in [4.69, 9.17) is 10.1 Å². The first-order valence-electron chi connectivity index (χ1n) is 12.1. The average molecular weight is 495 g/mol. The van der Waals surface area contributed by atoms with Gasteiger partial charge in [0.15, 0.2) is 5.82 Å². The number of aryl methyl sites for hydroxylation is 2. The number of rotatable bonds is 5. The molecule has 186 valence electrons. The molecule has 0 saturated heterocycles. The van der Waals surface area contributed by atoms with Crippen LogP contribution in [0.2, 0.25) is 0 Å². The topological polar surface area (TPSA) is 65.8 Å². The Morgan fingerprint density at radius 2 is 1.81 bits per heavy atom. The zero-order valence-corrected chi connectivity index (χ0v) is 19.7. The highest BCUT2D eigenvalue weighted by Gasteiger charge is 2.49. The average Bonchev–Trinajstić information content (AvgIpc) is 3.55. The van der Waals surface area contributed by atoms with Crippen LogP contribution in [0.1, 0.15) is 40.7 Å². The number of para-hydroxylation sites is 1. The monoisotopic (exact) mass is 494 g/mol. The van der Waals surface area contributed by atoms with E-state index in [0.717, 1.165) is 42.6 Å². The lowest BCUT2D eigenvalue weighted by Gasteiger charge is -2.34. The van der Waals surface area contributed by atoms with Gasteiger partial charge in [-0.05, 0) is 55.5 Å². The Morgan fingerprint density at radius 1 is 1.06 bits per heavy atom. The number of anilines is 3. The van der Waals surface area contributed by atoms with Crippen molar-refractivity contribution >= 4 is 29.2 Å². The van der Waals surface area contributed by atoms with E-state index in [1.54, 1.807) is 16.6 Å². The Hall–Kier alpha value is -3.82. The number of aliphatic imine (C=N–C) groups is 1. The van der Waals surface area contributed by atoms with Crippen LogP contribution in [0.5, 0.6) is 0 Å². The van der Waals surface area contributed by atoms with E-state index in [2.05, 4.69) is 10.2 Å². The van der Waals surface area contributed by atoms with Gasteiger partial charge in [0.05, 0.1) is 17.6 Å². The van der Waals surface area contributed by atoms with E-state index < -0.39 is 11.7 Å². The van der Waals surface area contributed by atoms with Crippen molar-refractivity contribution in [2.24, 2.45) is 4.99 Å². The highest BCUT2D eigenvalue weighted by molar-refractivity contribution is 6.21. The van der Waals surface area contributed by atoms with Gasteiger partial charge in [-0.25, -0.2) is 9.67 Å². The molecule has 3 aromatic rings. The minimum Gasteiger partial charge on any atom is -0.340 e. The molecule has 1 saturated carbocycles. The number of benzene rings is 2. The molecular weight excluding hydrogens is 469 g/mol. The third-order valence-electron chi connectivity index (χ3n) is 7.18. The molecular formula is C26H25F3N6O. The fraction of sp³-hybridized carbons (Fsp3) is 0.346. The van der Waals surface area contributed by atoms with E-state index in [0.29, 0.717) is 36.1 Å². The number of halogens is 3. The molecule has 10 heteroatoms. The summed E-state index contributed by atoms with van der Waals surface area (Å²) in [7, 11) is 1.74. The van der Waals surface area contributed by atoms with Crippen LogP contribution < -0.4 is 10.2 Å². The molecule has 1 N–H and O–H groups in total. The third-order valence-corrected chi connectivity index (χ3v) is 7.18. The van der Waals surface area contributed by atoms with Crippen LogP contribution in [0.3, 0.4) is 0 Å². The molecule has 1 aliphatic carbocycles. The lowest BCUT2D eigenvalue weighted by Crippen LogP contribution is -2.51. The summed E-state index contributed by atoms with van der Waals surface area (Å²) in [4.78, 5) is 22.1. The van der Waals surface area contributed by atoms with Crippen LogP contribution in [0.15, 0.2) is 59.6 Å². The number of aromatic nitrogens is 2. The normalized spacial score (nSPS) is 20.8. The number of amides is 1. The number of guanidine groups is 1. The Labute approximate surface area is 206 Å². The Kier molecular flexibility index (Phi) is 5.27. The molecule has 3 aliphatic rings. The number of carbonyl (C=O) groups excluding carboxylic acids is 1. The predicted octanol–water partition coefficient (Wildman–Crippen LogP) is 5.07. The molecule has 36 heavy (non-hydrogen) atoms. The van der Waals surface area contributed by atoms with Gasteiger partial charge in [0.1, 0.15) is 11.4 Å². The van der Waals surface area contributed by atoms with Gasteiger partial charge in [0, 0.05) is 19.3 Å². The van der Waals surface area contributed by atoms with Crippen molar-refractivity contribution < 1.29 is 18.0 Å². The molecule has 1 fully saturated rings. The van der Waals surface area contributed by atoms with Gasteiger partial charge in [-0.3, -0.25) is 14.6 Å². The number of fused-ring (bicyclic) bond motifs is 5. The summed E-state index contributed by atoms with van der Waals surface area (Å²) in [6, 6.07) is 15.0. The quantitative estimate of drug-likeness (QED) is 0.538. The third kappa shape index (κ3) is 3.71. The van der Waals surface area contributed by atoms with Crippen LogP contribution >= 0.6 is 0 Å². The van der Waals surface area contributed by atoms with Gasteiger partial charge >= 0.3 is 6.18 Å². The molecule has 6 rings (SSSR count). The molecule has 0 unspecified atom stereocenters. The summed E-state index contributed by atoms with van der Waals surface area (Å²) < 4.78 is 40.6. The number of nitrogens with one attached hydrogen (secondary N) is 1. The Bertz CT molecular complexity index is 1330. The second-order valence-electron chi connectivity index (χ2n) is 9.43. The van der Waals surface area contributed by atoms with E-state index in [9.17, 15) is 18.0 Å². The minimum absolute atomic E-state index is 0.157. The van der Waals surface area contributed by atoms with Crippen LogP contribution in [0.25, 0.3) is 0 Å². The fourth-order valence-electron chi connectivity index (χ4n) is 5.35.